The number of ether oxygens (including phenoxy) is 1. The van der Waals surface area contributed by atoms with Crippen LogP contribution < -0.4 is 4.90 Å². The van der Waals surface area contributed by atoms with Crippen molar-refractivity contribution in [2.75, 3.05) is 45.3 Å². The molecule has 0 aromatic heterocycles. The number of anilines is 1. The summed E-state index contributed by atoms with van der Waals surface area (Å²) in [5.74, 6) is -0.513. The average molecular weight is 266 g/mol. The van der Waals surface area contributed by atoms with Gasteiger partial charge in [-0.1, -0.05) is 0 Å². The van der Waals surface area contributed by atoms with E-state index < -0.39 is 0 Å². The van der Waals surface area contributed by atoms with E-state index in [4.69, 9.17) is 4.74 Å². The van der Waals surface area contributed by atoms with Gasteiger partial charge in [0.25, 0.3) is 5.91 Å². The maximum absolute atomic E-state index is 14.0. The zero-order valence-electron chi connectivity index (χ0n) is 11.6. The first kappa shape index (κ1) is 13.8. The van der Waals surface area contributed by atoms with Gasteiger partial charge in [0.05, 0.1) is 13.2 Å². The van der Waals surface area contributed by atoms with E-state index in [9.17, 15) is 9.18 Å². The Kier molecular flexibility index (Phi) is 4.04. The number of carbonyl (C=O) groups excluding carboxylic acids is 1. The second-order valence-electron chi connectivity index (χ2n) is 4.90. The van der Waals surface area contributed by atoms with Crippen LogP contribution in [0.3, 0.4) is 0 Å². The van der Waals surface area contributed by atoms with E-state index in [0.29, 0.717) is 24.3 Å². The highest BCUT2D eigenvalue weighted by atomic mass is 19.1. The molecular weight excluding hydrogens is 247 g/mol. The van der Waals surface area contributed by atoms with Crippen molar-refractivity contribution in [1.82, 2.24) is 4.90 Å². The Bertz CT molecular complexity index is 483. The quantitative estimate of drug-likeness (QED) is 0.816. The van der Waals surface area contributed by atoms with Crippen LogP contribution in [-0.4, -0.2) is 51.2 Å². The molecule has 104 valence electrons. The largest absolute Gasteiger partial charge is 0.378 e. The van der Waals surface area contributed by atoms with E-state index in [1.807, 2.05) is 4.90 Å². The van der Waals surface area contributed by atoms with Crippen LogP contribution >= 0.6 is 0 Å². The molecule has 1 heterocycles. The number of nitrogens with zero attached hydrogens (tertiary/aromatic N) is 2. The number of hydrogen-bond acceptors (Lipinski definition) is 3. The molecule has 0 N–H and O–H groups in total. The summed E-state index contributed by atoms with van der Waals surface area (Å²) in [5.41, 5.74) is 1.57. The molecule has 1 saturated heterocycles. The fourth-order valence-electron chi connectivity index (χ4n) is 2.13. The van der Waals surface area contributed by atoms with Crippen LogP contribution in [0.2, 0.25) is 0 Å². The number of halogens is 1. The van der Waals surface area contributed by atoms with Crippen LogP contribution in [-0.2, 0) is 4.74 Å². The van der Waals surface area contributed by atoms with Crippen LogP contribution in [0, 0.1) is 12.7 Å². The molecule has 1 aliphatic rings. The molecule has 0 aliphatic carbocycles. The van der Waals surface area contributed by atoms with Crippen LogP contribution in [0.15, 0.2) is 12.1 Å². The van der Waals surface area contributed by atoms with Crippen LogP contribution in [0.1, 0.15) is 15.9 Å². The monoisotopic (exact) mass is 266 g/mol. The Hall–Kier alpha value is -1.62. The number of hydrogen-bond donors (Lipinski definition) is 0. The summed E-state index contributed by atoms with van der Waals surface area (Å²) in [6, 6.07) is 3.26. The molecule has 1 amide bonds. The van der Waals surface area contributed by atoms with Crippen molar-refractivity contribution < 1.29 is 13.9 Å². The van der Waals surface area contributed by atoms with Crippen molar-refractivity contribution in [1.29, 1.82) is 0 Å². The normalized spacial score (nSPS) is 15.5. The molecule has 0 radical (unpaired) electrons. The number of rotatable bonds is 2. The third-order valence-electron chi connectivity index (χ3n) is 3.34. The first-order valence-corrected chi connectivity index (χ1v) is 6.35. The van der Waals surface area contributed by atoms with Crippen LogP contribution in [0.5, 0.6) is 0 Å². The van der Waals surface area contributed by atoms with Crippen molar-refractivity contribution in [3.05, 3.63) is 29.1 Å². The van der Waals surface area contributed by atoms with Gasteiger partial charge in [-0.2, -0.15) is 0 Å². The molecule has 19 heavy (non-hydrogen) atoms. The maximum atomic E-state index is 14.0. The lowest BCUT2D eigenvalue weighted by Crippen LogP contribution is -2.36. The van der Waals surface area contributed by atoms with Crippen LogP contribution in [0.4, 0.5) is 10.1 Å². The molecule has 0 bridgehead atoms. The Labute approximate surface area is 112 Å². The molecule has 4 nitrogen and oxygen atoms in total. The van der Waals surface area contributed by atoms with Gasteiger partial charge in [0.15, 0.2) is 0 Å². The Balaban J connectivity index is 2.38. The highest BCUT2D eigenvalue weighted by molar-refractivity contribution is 5.96. The molecule has 1 aromatic rings. The molecule has 1 aromatic carbocycles. The van der Waals surface area contributed by atoms with Gasteiger partial charge in [-0.25, -0.2) is 4.39 Å². The second kappa shape index (κ2) is 5.57. The van der Waals surface area contributed by atoms with Gasteiger partial charge in [-0.3, -0.25) is 4.79 Å². The molecule has 2 rings (SSSR count). The van der Waals surface area contributed by atoms with Gasteiger partial charge in [-0.15, -0.1) is 0 Å². The number of morpholine rings is 1. The standard InChI is InChI=1S/C14H19FN2O2/c1-10-12(14(18)16(2)3)8-11(9-13(10)15)17-4-6-19-7-5-17/h8-9H,4-7H2,1-3H3. The van der Waals surface area contributed by atoms with E-state index in [-0.39, 0.29) is 11.7 Å². The second-order valence-corrected chi connectivity index (χ2v) is 4.90. The highest BCUT2D eigenvalue weighted by Gasteiger charge is 2.19. The van der Waals surface area contributed by atoms with E-state index in [1.165, 1.54) is 11.0 Å². The SMILES string of the molecule is Cc1c(F)cc(N2CCOCC2)cc1C(=O)N(C)C. The van der Waals surface area contributed by atoms with E-state index in [0.717, 1.165) is 18.8 Å². The summed E-state index contributed by atoms with van der Waals surface area (Å²) in [5, 5.41) is 0. The topological polar surface area (TPSA) is 32.8 Å². The summed E-state index contributed by atoms with van der Waals surface area (Å²) in [7, 11) is 3.34. The van der Waals surface area contributed by atoms with Gasteiger partial charge < -0.3 is 14.5 Å². The molecule has 0 spiro atoms. The Morgan fingerprint density at radius 3 is 2.53 bits per heavy atom. The third-order valence-corrected chi connectivity index (χ3v) is 3.34. The van der Waals surface area contributed by atoms with Gasteiger partial charge in [0.2, 0.25) is 0 Å². The van der Waals surface area contributed by atoms with E-state index in [2.05, 4.69) is 0 Å². The number of benzene rings is 1. The highest BCUT2D eigenvalue weighted by Crippen LogP contribution is 2.24. The smallest absolute Gasteiger partial charge is 0.253 e. The molecule has 1 fully saturated rings. The predicted molar refractivity (Wildman–Crippen MR) is 72.2 cm³/mol. The summed E-state index contributed by atoms with van der Waals surface area (Å²) in [6.45, 7) is 4.34. The first-order chi connectivity index (χ1) is 9.00. The van der Waals surface area contributed by atoms with E-state index in [1.54, 1.807) is 27.1 Å². The molecule has 0 saturated carbocycles. The van der Waals surface area contributed by atoms with Crippen LogP contribution in [0.25, 0.3) is 0 Å². The Morgan fingerprint density at radius 1 is 1.32 bits per heavy atom. The van der Waals surface area contributed by atoms with Gasteiger partial charge in [0.1, 0.15) is 5.82 Å². The third kappa shape index (κ3) is 2.87. The predicted octanol–water partition coefficient (Wildman–Crippen LogP) is 1.67. The average Bonchev–Trinajstić information content (AvgIpc) is 2.41. The van der Waals surface area contributed by atoms with Gasteiger partial charge >= 0.3 is 0 Å². The van der Waals surface area contributed by atoms with Crippen molar-refractivity contribution in [3.8, 4) is 0 Å². The minimum absolute atomic E-state index is 0.175. The first-order valence-electron chi connectivity index (χ1n) is 6.35. The zero-order chi connectivity index (χ0) is 14.0. The fraction of sp³-hybridized carbons (Fsp3) is 0.500. The molecule has 5 heteroatoms. The minimum atomic E-state index is -0.339. The number of carbonyl (C=O) groups is 1. The fourth-order valence-corrected chi connectivity index (χ4v) is 2.13. The lowest BCUT2D eigenvalue weighted by atomic mass is 10.1. The summed E-state index contributed by atoms with van der Waals surface area (Å²) >= 11 is 0. The van der Waals surface area contributed by atoms with Gasteiger partial charge in [-0.05, 0) is 24.6 Å². The maximum Gasteiger partial charge on any atom is 0.253 e. The lowest BCUT2D eigenvalue weighted by Gasteiger charge is -2.29. The summed E-state index contributed by atoms with van der Waals surface area (Å²) < 4.78 is 19.3. The number of amides is 1. The lowest BCUT2D eigenvalue weighted by molar-refractivity contribution is 0.0826. The summed E-state index contributed by atoms with van der Waals surface area (Å²) in [6.07, 6.45) is 0. The van der Waals surface area contributed by atoms with Crippen molar-refractivity contribution in [3.63, 3.8) is 0 Å². The summed E-state index contributed by atoms with van der Waals surface area (Å²) in [4.78, 5) is 15.6. The molecule has 0 unspecified atom stereocenters. The zero-order valence-corrected chi connectivity index (χ0v) is 11.6. The Morgan fingerprint density at radius 2 is 1.95 bits per heavy atom. The molecule has 1 aliphatic heterocycles. The van der Waals surface area contributed by atoms with Crippen molar-refractivity contribution >= 4 is 11.6 Å². The van der Waals surface area contributed by atoms with E-state index >= 15 is 0 Å². The minimum Gasteiger partial charge on any atom is -0.378 e. The van der Waals surface area contributed by atoms with Crippen molar-refractivity contribution in [2.45, 2.75) is 6.92 Å². The molecular formula is C14H19FN2O2. The molecule has 0 atom stereocenters. The van der Waals surface area contributed by atoms with Gasteiger partial charge in [0, 0.05) is 38.4 Å². The van der Waals surface area contributed by atoms with Crippen molar-refractivity contribution in [2.24, 2.45) is 0 Å².